The van der Waals surface area contributed by atoms with Crippen molar-refractivity contribution in [3.05, 3.63) is 36.4 Å². The van der Waals surface area contributed by atoms with Crippen molar-refractivity contribution in [1.82, 2.24) is 19.9 Å². The molecule has 2 aromatic carbocycles. The molecule has 0 saturated carbocycles. The molecule has 23 heavy (non-hydrogen) atoms. The number of fused-ring (bicyclic) bond motifs is 2. The van der Waals surface area contributed by atoms with E-state index >= 15 is 0 Å². The lowest BCUT2D eigenvalue weighted by Gasteiger charge is -2.08. The topological polar surface area (TPSA) is 116 Å². The molecule has 4 aromatic rings. The van der Waals surface area contributed by atoms with E-state index in [1.807, 2.05) is 36.4 Å². The van der Waals surface area contributed by atoms with Crippen molar-refractivity contribution < 1.29 is 4.74 Å². The van der Waals surface area contributed by atoms with Gasteiger partial charge in [0.15, 0.2) is 11.5 Å². The lowest BCUT2D eigenvalue weighted by atomic mass is 10.0. The molecule has 2 aromatic heterocycles. The molecule has 0 amide bonds. The van der Waals surface area contributed by atoms with Crippen LogP contribution < -0.4 is 16.2 Å². The normalized spacial score (nSPS) is 11.2. The fourth-order valence-electron chi connectivity index (χ4n) is 2.72. The smallest absolute Gasteiger partial charge is 0.224 e. The van der Waals surface area contributed by atoms with Crippen LogP contribution in [0.3, 0.4) is 0 Å². The summed E-state index contributed by atoms with van der Waals surface area (Å²) < 4.78 is 5.42. The number of nitrogens with two attached hydrogens (primary N) is 2. The number of aromatic amines is 1. The Morgan fingerprint density at radius 1 is 0.957 bits per heavy atom. The van der Waals surface area contributed by atoms with Crippen LogP contribution in [0.1, 0.15) is 0 Å². The number of hydrogen-bond acceptors (Lipinski definition) is 6. The maximum absolute atomic E-state index is 5.88. The summed E-state index contributed by atoms with van der Waals surface area (Å²) in [5, 5.41) is 2.02. The molecule has 0 unspecified atom stereocenters. The minimum atomic E-state index is 0.104. The Balaban J connectivity index is 2.01. The maximum Gasteiger partial charge on any atom is 0.224 e. The molecule has 2 heterocycles. The van der Waals surface area contributed by atoms with E-state index in [9.17, 15) is 0 Å². The molecule has 0 fully saturated rings. The molecule has 4 rings (SSSR count). The van der Waals surface area contributed by atoms with Crippen LogP contribution in [0.25, 0.3) is 33.3 Å². The Morgan fingerprint density at radius 2 is 1.74 bits per heavy atom. The largest absolute Gasteiger partial charge is 0.496 e. The highest BCUT2D eigenvalue weighted by Crippen LogP contribution is 2.34. The molecule has 7 nitrogen and oxygen atoms in total. The van der Waals surface area contributed by atoms with Crippen molar-refractivity contribution in [3.8, 4) is 17.1 Å². The van der Waals surface area contributed by atoms with Gasteiger partial charge in [-0.3, -0.25) is 0 Å². The van der Waals surface area contributed by atoms with E-state index in [2.05, 4.69) is 19.9 Å². The van der Waals surface area contributed by atoms with Gasteiger partial charge in [-0.2, -0.15) is 9.97 Å². The molecule has 7 heteroatoms. The predicted octanol–water partition coefficient (Wildman–Crippen LogP) is 2.35. The summed E-state index contributed by atoms with van der Waals surface area (Å²) in [6, 6.07) is 11.8. The first-order chi connectivity index (χ1) is 11.2. The van der Waals surface area contributed by atoms with Crippen LogP contribution in [-0.4, -0.2) is 27.0 Å². The first-order valence-electron chi connectivity index (χ1n) is 7.02. The van der Waals surface area contributed by atoms with Gasteiger partial charge in [0, 0.05) is 10.9 Å². The van der Waals surface area contributed by atoms with Crippen molar-refractivity contribution in [2.24, 2.45) is 0 Å². The second kappa shape index (κ2) is 4.84. The maximum atomic E-state index is 5.88. The van der Waals surface area contributed by atoms with Gasteiger partial charge in [-0.15, -0.1) is 0 Å². The Hall–Kier alpha value is -3.35. The number of rotatable bonds is 2. The highest BCUT2D eigenvalue weighted by molar-refractivity contribution is 6.00. The zero-order chi connectivity index (χ0) is 16.0. The van der Waals surface area contributed by atoms with Gasteiger partial charge in [-0.25, -0.2) is 4.98 Å². The third kappa shape index (κ3) is 2.02. The van der Waals surface area contributed by atoms with Crippen LogP contribution in [0.15, 0.2) is 36.4 Å². The molecule has 0 atom stereocenters. The summed E-state index contributed by atoms with van der Waals surface area (Å²) >= 11 is 0. The first kappa shape index (κ1) is 13.3. The Labute approximate surface area is 131 Å². The molecule has 0 aliphatic heterocycles. The predicted molar refractivity (Wildman–Crippen MR) is 90.0 cm³/mol. The number of H-pyrrole nitrogens is 1. The van der Waals surface area contributed by atoms with E-state index in [-0.39, 0.29) is 11.8 Å². The summed E-state index contributed by atoms with van der Waals surface area (Å²) in [6.07, 6.45) is 0. The van der Waals surface area contributed by atoms with Crippen molar-refractivity contribution in [2.45, 2.75) is 0 Å². The fraction of sp³-hybridized carbons (Fsp3) is 0.0625. The highest BCUT2D eigenvalue weighted by Gasteiger charge is 2.14. The first-order valence-corrected chi connectivity index (χ1v) is 7.02. The molecule has 114 valence electrons. The average molecular weight is 306 g/mol. The van der Waals surface area contributed by atoms with E-state index < -0.39 is 0 Å². The lowest BCUT2D eigenvalue weighted by molar-refractivity contribution is 0.420. The van der Waals surface area contributed by atoms with Gasteiger partial charge in [-0.1, -0.05) is 24.3 Å². The van der Waals surface area contributed by atoms with Gasteiger partial charge in [-0.05, 0) is 17.5 Å². The number of nitrogen functional groups attached to an aromatic ring is 2. The molecule has 0 spiro atoms. The van der Waals surface area contributed by atoms with Crippen molar-refractivity contribution in [2.75, 3.05) is 18.6 Å². The lowest BCUT2D eigenvalue weighted by Crippen LogP contribution is -1.99. The number of ether oxygens (including phenoxy) is 1. The molecule has 0 saturated heterocycles. The van der Waals surface area contributed by atoms with E-state index in [4.69, 9.17) is 16.2 Å². The van der Waals surface area contributed by atoms with Crippen molar-refractivity contribution in [3.63, 3.8) is 0 Å². The van der Waals surface area contributed by atoms with Crippen LogP contribution in [0.5, 0.6) is 5.75 Å². The minimum absolute atomic E-state index is 0.104. The third-order valence-electron chi connectivity index (χ3n) is 3.76. The Kier molecular flexibility index (Phi) is 2.80. The molecule has 0 aliphatic rings. The number of anilines is 2. The quantitative estimate of drug-likeness (QED) is 0.523. The third-order valence-corrected chi connectivity index (χ3v) is 3.76. The molecular weight excluding hydrogens is 292 g/mol. The number of methoxy groups -OCH3 is 1. The zero-order valence-corrected chi connectivity index (χ0v) is 12.4. The van der Waals surface area contributed by atoms with Gasteiger partial charge >= 0.3 is 0 Å². The molecule has 5 N–H and O–H groups in total. The summed E-state index contributed by atoms with van der Waals surface area (Å²) in [6.45, 7) is 0. The number of nitrogens with one attached hydrogen (secondary N) is 1. The van der Waals surface area contributed by atoms with Crippen LogP contribution in [-0.2, 0) is 0 Å². The minimum Gasteiger partial charge on any atom is -0.496 e. The highest BCUT2D eigenvalue weighted by atomic mass is 16.5. The number of imidazole rings is 1. The molecule has 0 bridgehead atoms. The van der Waals surface area contributed by atoms with Gasteiger partial charge in [0.25, 0.3) is 0 Å². The second-order valence-corrected chi connectivity index (χ2v) is 5.11. The van der Waals surface area contributed by atoms with Crippen LogP contribution in [0, 0.1) is 0 Å². The van der Waals surface area contributed by atoms with E-state index in [1.165, 1.54) is 0 Å². The number of hydrogen-bond donors (Lipinski definition) is 3. The second-order valence-electron chi connectivity index (χ2n) is 5.11. The zero-order valence-electron chi connectivity index (χ0n) is 12.4. The van der Waals surface area contributed by atoms with Gasteiger partial charge in [0.2, 0.25) is 5.95 Å². The van der Waals surface area contributed by atoms with E-state index in [0.29, 0.717) is 17.0 Å². The average Bonchev–Trinajstić information content (AvgIpc) is 2.97. The SMILES string of the molecule is COc1ccc(-c2nc3nc(N)nc(N)c3[nH]2)c2ccccc12. The van der Waals surface area contributed by atoms with Crippen molar-refractivity contribution in [1.29, 1.82) is 0 Å². The van der Waals surface area contributed by atoms with Crippen molar-refractivity contribution >= 4 is 33.7 Å². The van der Waals surface area contributed by atoms with E-state index in [0.717, 1.165) is 22.1 Å². The Morgan fingerprint density at radius 3 is 2.52 bits per heavy atom. The van der Waals surface area contributed by atoms with Gasteiger partial charge in [0.1, 0.15) is 17.1 Å². The van der Waals surface area contributed by atoms with Crippen LogP contribution >= 0.6 is 0 Å². The van der Waals surface area contributed by atoms with E-state index in [1.54, 1.807) is 7.11 Å². The fourth-order valence-corrected chi connectivity index (χ4v) is 2.72. The van der Waals surface area contributed by atoms with Crippen LogP contribution in [0.4, 0.5) is 11.8 Å². The summed E-state index contributed by atoms with van der Waals surface area (Å²) in [5.74, 6) is 1.85. The molecule has 0 radical (unpaired) electrons. The number of benzene rings is 2. The molecular formula is C16H14N6O. The van der Waals surface area contributed by atoms with Gasteiger partial charge in [0.05, 0.1) is 7.11 Å². The number of aromatic nitrogens is 4. The van der Waals surface area contributed by atoms with Crippen LogP contribution in [0.2, 0.25) is 0 Å². The summed E-state index contributed by atoms with van der Waals surface area (Å²) in [7, 11) is 1.65. The standard InChI is InChI=1S/C16H14N6O/c1-23-11-7-6-10(8-4-2-3-5-9(8)11)14-19-12-13(17)20-16(18)22-15(12)21-14/h2-7H,1H3,(H5,17,18,19,20,21,22). The monoisotopic (exact) mass is 306 g/mol. The summed E-state index contributed by atoms with van der Waals surface area (Å²) in [4.78, 5) is 15.7. The number of nitrogens with zero attached hydrogens (tertiary/aromatic N) is 3. The Bertz CT molecular complexity index is 1040. The van der Waals surface area contributed by atoms with Gasteiger partial charge < -0.3 is 21.2 Å². The molecule has 0 aliphatic carbocycles. The summed E-state index contributed by atoms with van der Waals surface area (Å²) in [5.41, 5.74) is 13.5.